The molecule has 0 atom stereocenters. The first-order valence-corrected chi connectivity index (χ1v) is 10.6. The van der Waals surface area contributed by atoms with Crippen LogP contribution in [0.1, 0.15) is 25.7 Å². The molecule has 8 heteroatoms. The number of hydrogen-bond acceptors (Lipinski definition) is 5. The van der Waals surface area contributed by atoms with Gasteiger partial charge in [0.15, 0.2) is 0 Å². The first-order valence-electron chi connectivity index (χ1n) is 8.70. The van der Waals surface area contributed by atoms with Gasteiger partial charge in [-0.2, -0.15) is 0 Å². The van der Waals surface area contributed by atoms with Crippen molar-refractivity contribution < 1.29 is 17.9 Å². The summed E-state index contributed by atoms with van der Waals surface area (Å²) >= 11 is 6.11. The smallest absolute Gasteiger partial charge is 0.238 e. The number of primary sulfonamides is 1. The van der Waals surface area contributed by atoms with Gasteiger partial charge in [-0.05, 0) is 49.8 Å². The molecule has 1 aromatic carbocycles. The average molecular weight is 389 g/mol. The Bertz CT molecular complexity index is 684. The predicted octanol–water partition coefficient (Wildman–Crippen LogP) is 2.26. The molecule has 1 saturated carbocycles. The molecule has 0 unspecified atom stereocenters. The van der Waals surface area contributed by atoms with E-state index in [1.807, 2.05) is 0 Å². The molecule has 140 valence electrons. The minimum Gasteiger partial charge on any atom is -0.492 e. The SMILES string of the molecule is NS(=O)(=O)c1ccc(OCC2CCC(N3CCOCC3)CC2)c(Cl)c1. The summed E-state index contributed by atoms with van der Waals surface area (Å²) in [7, 11) is -3.75. The Morgan fingerprint density at radius 2 is 1.88 bits per heavy atom. The quantitative estimate of drug-likeness (QED) is 0.836. The number of ether oxygens (including phenoxy) is 2. The zero-order valence-corrected chi connectivity index (χ0v) is 15.8. The maximum Gasteiger partial charge on any atom is 0.238 e. The minimum atomic E-state index is -3.75. The maximum atomic E-state index is 11.3. The third-order valence-electron chi connectivity index (χ3n) is 5.08. The molecule has 1 heterocycles. The number of benzene rings is 1. The zero-order valence-electron chi connectivity index (χ0n) is 14.2. The second kappa shape index (κ2) is 8.22. The van der Waals surface area contributed by atoms with E-state index in [1.54, 1.807) is 6.07 Å². The van der Waals surface area contributed by atoms with Crippen LogP contribution in [0.5, 0.6) is 5.75 Å². The summed E-state index contributed by atoms with van der Waals surface area (Å²) in [5, 5.41) is 5.37. The molecular formula is C17H25ClN2O4S. The van der Waals surface area contributed by atoms with Crippen LogP contribution >= 0.6 is 11.6 Å². The number of rotatable bonds is 5. The number of morpholine rings is 1. The molecule has 0 amide bonds. The van der Waals surface area contributed by atoms with Gasteiger partial charge in [-0.25, -0.2) is 13.6 Å². The van der Waals surface area contributed by atoms with E-state index in [-0.39, 0.29) is 9.92 Å². The van der Waals surface area contributed by atoms with Crippen LogP contribution in [0.3, 0.4) is 0 Å². The highest BCUT2D eigenvalue weighted by molar-refractivity contribution is 7.89. The van der Waals surface area contributed by atoms with Gasteiger partial charge < -0.3 is 9.47 Å². The molecule has 1 aliphatic carbocycles. The fourth-order valence-corrected chi connectivity index (χ4v) is 4.44. The van der Waals surface area contributed by atoms with Gasteiger partial charge in [0.25, 0.3) is 0 Å². The summed E-state index contributed by atoms with van der Waals surface area (Å²) in [6.07, 6.45) is 4.64. The average Bonchev–Trinajstić information content (AvgIpc) is 2.61. The van der Waals surface area contributed by atoms with E-state index in [0.29, 0.717) is 24.3 Å². The molecular weight excluding hydrogens is 364 g/mol. The van der Waals surface area contributed by atoms with Crippen molar-refractivity contribution in [1.82, 2.24) is 4.90 Å². The number of nitrogens with zero attached hydrogens (tertiary/aromatic N) is 1. The van der Waals surface area contributed by atoms with Gasteiger partial charge in [0.1, 0.15) is 5.75 Å². The van der Waals surface area contributed by atoms with Gasteiger partial charge >= 0.3 is 0 Å². The van der Waals surface area contributed by atoms with Crippen LogP contribution in [-0.4, -0.2) is 52.3 Å². The summed E-state index contributed by atoms with van der Waals surface area (Å²) in [4.78, 5) is 2.54. The van der Waals surface area contributed by atoms with Crippen LogP contribution in [0.4, 0.5) is 0 Å². The molecule has 0 spiro atoms. The number of sulfonamides is 1. The lowest BCUT2D eigenvalue weighted by molar-refractivity contribution is 0.00304. The highest BCUT2D eigenvalue weighted by atomic mass is 35.5. The Morgan fingerprint density at radius 1 is 1.20 bits per heavy atom. The van der Waals surface area contributed by atoms with Crippen molar-refractivity contribution in [3.05, 3.63) is 23.2 Å². The molecule has 0 bridgehead atoms. The van der Waals surface area contributed by atoms with Crippen LogP contribution in [0.2, 0.25) is 5.02 Å². The van der Waals surface area contributed by atoms with Gasteiger partial charge in [-0.3, -0.25) is 4.90 Å². The molecule has 0 radical (unpaired) electrons. The van der Waals surface area contributed by atoms with Crippen LogP contribution in [0.15, 0.2) is 23.1 Å². The fourth-order valence-electron chi connectivity index (χ4n) is 3.60. The van der Waals surface area contributed by atoms with Crippen LogP contribution in [-0.2, 0) is 14.8 Å². The fraction of sp³-hybridized carbons (Fsp3) is 0.647. The van der Waals surface area contributed by atoms with Gasteiger partial charge in [-0.15, -0.1) is 0 Å². The first-order chi connectivity index (χ1) is 11.9. The largest absolute Gasteiger partial charge is 0.492 e. The minimum absolute atomic E-state index is 0.00382. The first kappa shape index (κ1) is 18.9. The summed E-state index contributed by atoms with van der Waals surface area (Å²) in [6, 6.07) is 4.99. The van der Waals surface area contributed by atoms with Crippen molar-refractivity contribution in [2.24, 2.45) is 11.1 Å². The standard InChI is InChI=1S/C17H25ClN2O4S/c18-16-11-15(25(19,21)22)5-6-17(16)24-12-13-1-3-14(4-2-13)20-7-9-23-10-8-20/h5-6,11,13-14H,1-4,7-10,12H2,(H2,19,21,22). The Balaban J connectivity index is 1.48. The van der Waals surface area contributed by atoms with Crippen molar-refractivity contribution in [1.29, 1.82) is 0 Å². The Labute approximate surface area is 154 Å². The predicted molar refractivity (Wildman–Crippen MR) is 96.5 cm³/mol. The second-order valence-corrected chi connectivity index (χ2v) is 8.74. The zero-order chi connectivity index (χ0) is 17.9. The molecule has 2 fully saturated rings. The van der Waals surface area contributed by atoms with E-state index in [4.69, 9.17) is 26.2 Å². The molecule has 25 heavy (non-hydrogen) atoms. The molecule has 0 aromatic heterocycles. The Hall–Kier alpha value is -0.860. The number of halogens is 1. The van der Waals surface area contributed by atoms with E-state index in [1.165, 1.54) is 25.0 Å². The van der Waals surface area contributed by atoms with Crippen molar-refractivity contribution in [3.63, 3.8) is 0 Å². The van der Waals surface area contributed by atoms with Gasteiger partial charge in [0, 0.05) is 19.1 Å². The number of nitrogens with two attached hydrogens (primary N) is 1. The Morgan fingerprint density at radius 3 is 2.48 bits per heavy atom. The van der Waals surface area contributed by atoms with Crippen LogP contribution in [0, 0.1) is 5.92 Å². The normalized spacial score (nSPS) is 25.7. The van der Waals surface area contributed by atoms with Crippen LogP contribution < -0.4 is 9.88 Å². The number of hydrogen-bond donors (Lipinski definition) is 1. The molecule has 1 saturated heterocycles. The topological polar surface area (TPSA) is 81.9 Å². The van der Waals surface area contributed by atoms with Gasteiger partial charge in [0.2, 0.25) is 10.0 Å². The lowest BCUT2D eigenvalue weighted by Gasteiger charge is -2.38. The van der Waals surface area contributed by atoms with Gasteiger partial charge in [0.05, 0.1) is 29.7 Å². The third kappa shape index (κ3) is 5.08. The van der Waals surface area contributed by atoms with Crippen molar-refractivity contribution in [3.8, 4) is 5.75 Å². The molecule has 6 nitrogen and oxygen atoms in total. The summed E-state index contributed by atoms with van der Waals surface area (Å²) < 4.78 is 33.9. The molecule has 2 aliphatic rings. The van der Waals surface area contributed by atoms with E-state index < -0.39 is 10.0 Å². The van der Waals surface area contributed by atoms with Crippen molar-refractivity contribution in [2.45, 2.75) is 36.6 Å². The second-order valence-electron chi connectivity index (χ2n) is 6.77. The summed E-state index contributed by atoms with van der Waals surface area (Å²) in [6.45, 7) is 4.37. The highest BCUT2D eigenvalue weighted by Gasteiger charge is 2.27. The van der Waals surface area contributed by atoms with Crippen LogP contribution in [0.25, 0.3) is 0 Å². The molecule has 1 aliphatic heterocycles. The van der Waals surface area contributed by atoms with E-state index in [9.17, 15) is 8.42 Å². The summed E-state index contributed by atoms with van der Waals surface area (Å²) in [5.74, 6) is 1.01. The molecule has 1 aromatic rings. The highest BCUT2D eigenvalue weighted by Crippen LogP contribution is 2.31. The van der Waals surface area contributed by atoms with Gasteiger partial charge in [-0.1, -0.05) is 11.6 Å². The third-order valence-corrected chi connectivity index (χ3v) is 6.29. The van der Waals surface area contributed by atoms with E-state index in [2.05, 4.69) is 4.90 Å². The van der Waals surface area contributed by atoms with Crippen molar-refractivity contribution in [2.75, 3.05) is 32.9 Å². The monoisotopic (exact) mass is 388 g/mol. The molecule has 2 N–H and O–H groups in total. The van der Waals surface area contributed by atoms with E-state index in [0.717, 1.165) is 39.1 Å². The molecule has 3 rings (SSSR count). The van der Waals surface area contributed by atoms with E-state index >= 15 is 0 Å². The lowest BCUT2D eigenvalue weighted by Crippen LogP contribution is -2.45. The maximum absolute atomic E-state index is 11.3. The lowest BCUT2D eigenvalue weighted by atomic mass is 9.85. The Kier molecular flexibility index (Phi) is 6.22. The van der Waals surface area contributed by atoms with Crippen molar-refractivity contribution >= 4 is 21.6 Å². The summed E-state index contributed by atoms with van der Waals surface area (Å²) in [5.41, 5.74) is 0.